The first-order valence-electron chi connectivity index (χ1n) is 10.1. The molecule has 4 rings (SSSR count). The summed E-state index contributed by atoms with van der Waals surface area (Å²) in [5.74, 6) is 1.16. The zero-order valence-electron chi connectivity index (χ0n) is 15.3. The Balaban J connectivity index is 1.40. The molecular formula is C18H33ClN4O3. The van der Waals surface area contributed by atoms with Crippen molar-refractivity contribution in [1.29, 1.82) is 0 Å². The lowest BCUT2D eigenvalue weighted by atomic mass is 9.69. The number of hydrazine groups is 1. The highest BCUT2D eigenvalue weighted by molar-refractivity contribution is 6.20. The summed E-state index contributed by atoms with van der Waals surface area (Å²) >= 11 is 6.24. The van der Waals surface area contributed by atoms with Crippen LogP contribution in [0.15, 0.2) is 0 Å². The predicted octanol–water partition coefficient (Wildman–Crippen LogP) is -0.476. The van der Waals surface area contributed by atoms with Crippen molar-refractivity contribution >= 4 is 11.6 Å². The number of piperidine rings is 1. The zero-order chi connectivity index (χ0) is 18.1. The summed E-state index contributed by atoms with van der Waals surface area (Å²) in [6.45, 7) is 3.53. The second-order valence-electron chi connectivity index (χ2n) is 8.66. The van der Waals surface area contributed by atoms with E-state index in [9.17, 15) is 10.2 Å². The Morgan fingerprint density at radius 3 is 2.81 bits per heavy atom. The Kier molecular flexibility index (Phi) is 6.07. The number of hydrogen-bond acceptors (Lipinski definition) is 7. The van der Waals surface area contributed by atoms with Crippen LogP contribution in [0, 0.1) is 17.8 Å². The lowest BCUT2D eigenvalue weighted by Crippen LogP contribution is -2.71. The van der Waals surface area contributed by atoms with Gasteiger partial charge in [0, 0.05) is 49.4 Å². The molecular weight excluding hydrogens is 356 g/mol. The minimum absolute atomic E-state index is 0.0928. The summed E-state index contributed by atoms with van der Waals surface area (Å²) in [5, 5.41) is 28.3. The van der Waals surface area contributed by atoms with Gasteiger partial charge in [-0.25, -0.2) is 5.43 Å². The summed E-state index contributed by atoms with van der Waals surface area (Å²) in [7, 11) is 0. The molecule has 4 aliphatic rings. The van der Waals surface area contributed by atoms with Gasteiger partial charge in [0.2, 0.25) is 0 Å². The van der Waals surface area contributed by atoms with Crippen molar-refractivity contribution in [3.8, 4) is 0 Å². The molecule has 0 radical (unpaired) electrons. The molecule has 0 aromatic heterocycles. The molecule has 0 spiro atoms. The van der Waals surface area contributed by atoms with E-state index in [1.165, 1.54) is 0 Å². The highest BCUT2D eigenvalue weighted by Gasteiger charge is 2.46. The molecule has 26 heavy (non-hydrogen) atoms. The largest absolute Gasteiger partial charge is 0.393 e. The Hall–Kier alpha value is 0.01000. The van der Waals surface area contributed by atoms with Gasteiger partial charge in [-0.2, -0.15) is 0 Å². The Labute approximate surface area is 160 Å². The molecule has 1 aliphatic carbocycles. The summed E-state index contributed by atoms with van der Waals surface area (Å²) in [5.41, 5.74) is 6.20. The molecule has 3 heterocycles. The smallest absolute Gasteiger partial charge is 0.103 e. The Bertz CT molecular complexity index is 479. The third kappa shape index (κ3) is 4.05. The van der Waals surface area contributed by atoms with Crippen LogP contribution in [0.1, 0.15) is 32.1 Å². The van der Waals surface area contributed by atoms with Gasteiger partial charge < -0.3 is 20.3 Å². The van der Waals surface area contributed by atoms with E-state index in [1.807, 2.05) is 0 Å². The van der Waals surface area contributed by atoms with Gasteiger partial charge in [0.05, 0.1) is 18.9 Å². The topological polar surface area (TPSA) is 97.8 Å². The van der Waals surface area contributed by atoms with E-state index in [0.717, 1.165) is 32.4 Å². The summed E-state index contributed by atoms with van der Waals surface area (Å²) in [4.78, 5) is 0. The molecule has 3 aliphatic heterocycles. The lowest BCUT2D eigenvalue weighted by molar-refractivity contribution is -0.0275. The van der Waals surface area contributed by atoms with E-state index < -0.39 is 5.60 Å². The number of nitrogens with one attached hydrogen (secondary N) is 4. The number of ether oxygens (including phenoxy) is 1. The average molecular weight is 389 g/mol. The minimum Gasteiger partial charge on any atom is -0.393 e. The van der Waals surface area contributed by atoms with Crippen LogP contribution in [0.2, 0.25) is 0 Å². The van der Waals surface area contributed by atoms with E-state index in [0.29, 0.717) is 44.4 Å². The maximum absolute atomic E-state index is 10.6. The van der Waals surface area contributed by atoms with Crippen molar-refractivity contribution in [1.82, 2.24) is 21.5 Å². The van der Waals surface area contributed by atoms with Crippen molar-refractivity contribution in [2.75, 3.05) is 32.8 Å². The molecule has 0 bridgehead atoms. The fourth-order valence-electron chi connectivity index (χ4n) is 5.32. The number of fused-ring (bicyclic) bond motifs is 1. The van der Waals surface area contributed by atoms with Crippen LogP contribution >= 0.6 is 11.6 Å². The SMILES string of the molecule is OC1CC(Cl)CCC1C1NNC(NC[C@]2(O)CCOC2)C2CNCCC21. The molecule has 0 aromatic rings. The zero-order valence-corrected chi connectivity index (χ0v) is 16.0. The first-order valence-corrected chi connectivity index (χ1v) is 10.6. The fraction of sp³-hybridized carbons (Fsp3) is 1.00. The number of hydrogen-bond donors (Lipinski definition) is 6. The third-order valence-electron chi connectivity index (χ3n) is 6.88. The molecule has 0 amide bonds. The van der Waals surface area contributed by atoms with Gasteiger partial charge in [-0.05, 0) is 38.1 Å². The van der Waals surface area contributed by atoms with Gasteiger partial charge in [0.25, 0.3) is 0 Å². The number of rotatable bonds is 4. The minimum atomic E-state index is -0.759. The van der Waals surface area contributed by atoms with E-state index >= 15 is 0 Å². The van der Waals surface area contributed by atoms with Crippen LogP contribution < -0.4 is 21.5 Å². The quantitative estimate of drug-likeness (QED) is 0.362. The number of aliphatic hydroxyl groups excluding tert-OH is 1. The molecule has 1 saturated carbocycles. The molecule has 6 N–H and O–H groups in total. The third-order valence-corrected chi connectivity index (χ3v) is 7.28. The van der Waals surface area contributed by atoms with Gasteiger partial charge in [-0.3, -0.25) is 10.7 Å². The number of aliphatic hydroxyl groups is 2. The van der Waals surface area contributed by atoms with Crippen LogP contribution in [0.3, 0.4) is 0 Å². The van der Waals surface area contributed by atoms with Crippen molar-refractivity contribution in [2.45, 2.75) is 61.4 Å². The van der Waals surface area contributed by atoms with E-state index in [2.05, 4.69) is 21.5 Å². The fourth-order valence-corrected chi connectivity index (χ4v) is 5.62. The van der Waals surface area contributed by atoms with Gasteiger partial charge in [0.1, 0.15) is 5.60 Å². The monoisotopic (exact) mass is 388 g/mol. The normalized spacial score (nSPS) is 49.7. The summed E-state index contributed by atoms with van der Waals surface area (Å²) in [6, 6.07) is 0.261. The maximum atomic E-state index is 10.6. The highest BCUT2D eigenvalue weighted by atomic mass is 35.5. The first-order chi connectivity index (χ1) is 12.6. The molecule has 8 atom stereocenters. The number of alkyl halides is 1. The predicted molar refractivity (Wildman–Crippen MR) is 99.7 cm³/mol. The van der Waals surface area contributed by atoms with Crippen LogP contribution in [0.4, 0.5) is 0 Å². The maximum Gasteiger partial charge on any atom is 0.103 e. The van der Waals surface area contributed by atoms with E-state index in [1.54, 1.807) is 0 Å². The summed E-state index contributed by atoms with van der Waals surface area (Å²) < 4.78 is 5.35. The van der Waals surface area contributed by atoms with Crippen LogP contribution in [-0.4, -0.2) is 72.4 Å². The van der Waals surface area contributed by atoms with Gasteiger partial charge in [-0.1, -0.05) is 0 Å². The summed E-state index contributed by atoms with van der Waals surface area (Å²) in [6.07, 6.45) is 4.18. The lowest BCUT2D eigenvalue weighted by Gasteiger charge is -2.51. The van der Waals surface area contributed by atoms with Crippen LogP contribution in [-0.2, 0) is 4.74 Å². The van der Waals surface area contributed by atoms with Crippen molar-refractivity contribution in [2.24, 2.45) is 17.8 Å². The second kappa shape index (κ2) is 8.17. The highest BCUT2D eigenvalue weighted by Crippen LogP contribution is 2.38. The molecule has 3 saturated heterocycles. The average Bonchev–Trinajstić information content (AvgIpc) is 3.07. The molecule has 150 valence electrons. The van der Waals surface area contributed by atoms with E-state index in [4.69, 9.17) is 16.3 Å². The van der Waals surface area contributed by atoms with Crippen molar-refractivity contribution in [3.05, 3.63) is 0 Å². The molecule has 0 aromatic carbocycles. The molecule has 4 fully saturated rings. The number of halogens is 1. The van der Waals surface area contributed by atoms with E-state index in [-0.39, 0.29) is 29.6 Å². The molecule has 7 nitrogen and oxygen atoms in total. The van der Waals surface area contributed by atoms with Gasteiger partial charge in [-0.15, -0.1) is 11.6 Å². The standard InChI is InChI=1S/C18H33ClN4O3/c19-11-1-2-13(15(24)7-11)16-12-3-5-20-8-14(12)17(23-22-16)21-9-18(25)4-6-26-10-18/h11-17,20-25H,1-10H2/t11?,12?,13?,14?,15?,16?,17?,18-/m1/s1. The van der Waals surface area contributed by atoms with Gasteiger partial charge >= 0.3 is 0 Å². The first kappa shape index (κ1) is 19.3. The van der Waals surface area contributed by atoms with Crippen LogP contribution in [0.5, 0.6) is 0 Å². The van der Waals surface area contributed by atoms with Crippen LogP contribution in [0.25, 0.3) is 0 Å². The Morgan fingerprint density at radius 1 is 1.15 bits per heavy atom. The van der Waals surface area contributed by atoms with Crippen molar-refractivity contribution < 1.29 is 14.9 Å². The second-order valence-corrected chi connectivity index (χ2v) is 9.28. The molecule has 7 unspecified atom stereocenters. The Morgan fingerprint density at radius 2 is 2.04 bits per heavy atom. The van der Waals surface area contributed by atoms with Gasteiger partial charge in [0.15, 0.2) is 0 Å². The molecule has 8 heteroatoms. The van der Waals surface area contributed by atoms with Crippen molar-refractivity contribution in [3.63, 3.8) is 0 Å².